The number of Topliss-reactive ketones (excluding diaryl/α,β-unsaturated/α-hetero) is 2. The molecule has 39 heavy (non-hydrogen) atoms. The molecule has 18 heteroatoms. The summed E-state index contributed by atoms with van der Waals surface area (Å²) >= 11 is 0. The number of hydrogen-bond donors (Lipinski definition) is 1. The summed E-state index contributed by atoms with van der Waals surface area (Å²) in [5.41, 5.74) is -4.48. The van der Waals surface area contributed by atoms with Crippen LogP contribution in [-0.2, 0) is 30.8 Å². The lowest BCUT2D eigenvalue weighted by Gasteiger charge is -2.47. The minimum absolute atomic E-state index is 0.0814. The fraction of sp³-hybridized carbons (Fsp3) is 0.571. The number of benzene rings is 1. The number of rotatable bonds is 8. The van der Waals surface area contributed by atoms with E-state index in [-0.39, 0.29) is 10.5 Å². The predicted octanol–water partition coefficient (Wildman–Crippen LogP) is 3.47. The largest absolute Gasteiger partial charge is 0.543 e. The van der Waals surface area contributed by atoms with Crippen LogP contribution in [0.15, 0.2) is 29.2 Å². The second-order valence-corrected chi connectivity index (χ2v) is 10.5. The molecule has 220 valence electrons. The molecule has 1 aliphatic rings. The molecule has 1 N–H and O–H groups in total. The maximum Gasteiger partial charge on any atom is 0.471 e. The number of nitrogens with zero attached hydrogens (tertiary/aromatic N) is 2. The number of halogens is 9. The summed E-state index contributed by atoms with van der Waals surface area (Å²) in [6.07, 6.45) is -22.4. The van der Waals surface area contributed by atoms with E-state index < -0.39 is 101 Å². The highest BCUT2D eigenvalue weighted by atomic mass is 32.2. The van der Waals surface area contributed by atoms with Crippen LogP contribution in [0.2, 0.25) is 0 Å². The maximum atomic E-state index is 13.4. The van der Waals surface area contributed by atoms with Crippen LogP contribution in [0, 0.1) is 5.92 Å². The van der Waals surface area contributed by atoms with Gasteiger partial charge in [0.1, 0.15) is 10.0 Å². The van der Waals surface area contributed by atoms with Crippen molar-refractivity contribution < 1.29 is 67.4 Å². The molecule has 1 amide bonds. The van der Waals surface area contributed by atoms with Gasteiger partial charge in [0.25, 0.3) is 11.6 Å². The number of alkyl halides is 9. The molecule has 0 spiro atoms. The summed E-state index contributed by atoms with van der Waals surface area (Å²) in [7, 11) is -4.23. The highest BCUT2D eigenvalue weighted by Crippen LogP contribution is 2.44. The van der Waals surface area contributed by atoms with Gasteiger partial charge < -0.3 is 14.7 Å². The molecule has 1 heterocycles. The minimum atomic E-state index is -6.22. The van der Waals surface area contributed by atoms with Crippen molar-refractivity contribution in [3.63, 3.8) is 0 Å². The van der Waals surface area contributed by atoms with Gasteiger partial charge in [-0.25, -0.2) is 8.42 Å². The number of piperidine rings is 1. The number of likely N-dealkylation sites (tertiary alicyclic amines) is 1. The molecule has 1 saturated heterocycles. The van der Waals surface area contributed by atoms with Crippen LogP contribution in [0.4, 0.5) is 39.5 Å². The van der Waals surface area contributed by atoms with Crippen LogP contribution in [0.25, 0.3) is 4.72 Å². The van der Waals surface area contributed by atoms with Crippen molar-refractivity contribution >= 4 is 27.5 Å². The fourth-order valence-corrected chi connectivity index (χ4v) is 5.19. The average Bonchev–Trinajstić information content (AvgIpc) is 2.80. The molecule has 1 fully saturated rings. The van der Waals surface area contributed by atoms with E-state index in [2.05, 4.69) is 4.72 Å². The van der Waals surface area contributed by atoms with E-state index in [1.807, 2.05) is 0 Å². The fourth-order valence-electron chi connectivity index (χ4n) is 4.15. The Morgan fingerprint density at radius 2 is 1.46 bits per heavy atom. The van der Waals surface area contributed by atoms with E-state index in [0.717, 1.165) is 24.3 Å². The van der Waals surface area contributed by atoms with E-state index in [4.69, 9.17) is 0 Å². The number of ketones is 2. The molecule has 2 rings (SSSR count). The zero-order chi connectivity index (χ0) is 30.2. The third kappa shape index (κ3) is 7.27. The van der Waals surface area contributed by atoms with Crippen LogP contribution < -0.4 is 0 Å². The SMILES string of the molecule is CC(O)C[N-]S(=O)(=O)c1ccc(CC2CCN(C(=O)C(F)(F)F)C(C(=O)C(F)(F)F)(C(=O)C(F)(F)F)C2)cc1. The van der Waals surface area contributed by atoms with Crippen molar-refractivity contribution in [2.24, 2.45) is 5.92 Å². The Morgan fingerprint density at radius 3 is 1.87 bits per heavy atom. The Morgan fingerprint density at radius 1 is 0.974 bits per heavy atom. The molecule has 1 aliphatic heterocycles. The molecule has 2 unspecified atom stereocenters. The number of amides is 1. The number of carbonyl (C=O) groups excluding carboxylic acids is 3. The molecule has 0 bridgehead atoms. The molecule has 0 aliphatic carbocycles. The number of carbonyl (C=O) groups is 3. The second-order valence-electron chi connectivity index (χ2n) is 8.81. The molecule has 2 atom stereocenters. The van der Waals surface area contributed by atoms with Crippen LogP contribution in [0.3, 0.4) is 0 Å². The van der Waals surface area contributed by atoms with Gasteiger partial charge in [-0.3, -0.25) is 14.4 Å². The highest BCUT2D eigenvalue weighted by molar-refractivity contribution is 7.94. The molecule has 0 aromatic heterocycles. The van der Waals surface area contributed by atoms with Gasteiger partial charge in [0.2, 0.25) is 0 Å². The monoisotopic (exact) mass is 599 g/mol. The molecule has 8 nitrogen and oxygen atoms in total. The summed E-state index contributed by atoms with van der Waals surface area (Å²) in [4.78, 5) is 34.9. The first-order chi connectivity index (χ1) is 17.5. The smallest absolute Gasteiger partial charge is 0.471 e. The zero-order valence-electron chi connectivity index (χ0n) is 19.7. The predicted molar refractivity (Wildman–Crippen MR) is 113 cm³/mol. The summed E-state index contributed by atoms with van der Waals surface area (Å²) in [5.74, 6) is -11.6. The molecule has 0 radical (unpaired) electrons. The average molecular weight is 599 g/mol. The van der Waals surface area contributed by atoms with E-state index >= 15 is 0 Å². The van der Waals surface area contributed by atoms with Crippen molar-refractivity contribution in [1.29, 1.82) is 0 Å². The van der Waals surface area contributed by atoms with Crippen molar-refractivity contribution in [1.82, 2.24) is 4.90 Å². The first kappa shape index (κ1) is 32.5. The Kier molecular flexibility index (Phi) is 9.19. The van der Waals surface area contributed by atoms with Gasteiger partial charge in [-0.1, -0.05) is 12.1 Å². The van der Waals surface area contributed by atoms with Gasteiger partial charge in [0.15, 0.2) is 5.54 Å². The lowest BCUT2D eigenvalue weighted by Crippen LogP contribution is -2.72. The first-order valence-corrected chi connectivity index (χ1v) is 12.3. The van der Waals surface area contributed by atoms with Gasteiger partial charge in [-0.15, -0.1) is 6.54 Å². The van der Waals surface area contributed by atoms with Crippen molar-refractivity contribution in [2.75, 3.05) is 13.1 Å². The summed E-state index contributed by atoms with van der Waals surface area (Å²) < 4.78 is 147. The maximum absolute atomic E-state index is 13.4. The van der Waals surface area contributed by atoms with Crippen LogP contribution in [0.5, 0.6) is 0 Å². The Balaban J connectivity index is 2.50. The van der Waals surface area contributed by atoms with Crippen LogP contribution in [0.1, 0.15) is 25.3 Å². The van der Waals surface area contributed by atoms with Crippen LogP contribution >= 0.6 is 0 Å². The van der Waals surface area contributed by atoms with Crippen molar-refractivity contribution in [3.8, 4) is 0 Å². The quantitative estimate of drug-likeness (QED) is 0.361. The third-order valence-corrected chi connectivity index (χ3v) is 7.17. The van der Waals surface area contributed by atoms with Crippen molar-refractivity contribution in [2.45, 2.75) is 61.3 Å². The Hall–Kier alpha value is -2.73. The number of hydrogen-bond acceptors (Lipinski definition) is 6. The lowest BCUT2D eigenvalue weighted by atomic mass is 9.72. The molecular weight excluding hydrogens is 579 g/mol. The lowest BCUT2D eigenvalue weighted by molar-refractivity contribution is -0.216. The normalized spacial score (nSPS) is 19.5. The minimum Gasteiger partial charge on any atom is -0.543 e. The zero-order valence-corrected chi connectivity index (χ0v) is 20.5. The van der Waals surface area contributed by atoms with Gasteiger partial charge >= 0.3 is 24.4 Å². The summed E-state index contributed by atoms with van der Waals surface area (Å²) in [6.45, 7) is -0.637. The molecular formula is C21H20F9N2O6S-. The Labute approximate surface area is 215 Å². The Bertz CT molecular complexity index is 1170. The topological polar surface area (TPSA) is 123 Å². The molecule has 1 aromatic carbocycles. The van der Waals surface area contributed by atoms with Gasteiger partial charge in [-0.05, 0) is 49.8 Å². The first-order valence-electron chi connectivity index (χ1n) is 10.9. The second kappa shape index (κ2) is 11.0. The van der Waals surface area contributed by atoms with Crippen LogP contribution in [-0.4, -0.2) is 79.2 Å². The summed E-state index contributed by atoms with van der Waals surface area (Å²) in [6, 6.07) is 4.15. The number of aliphatic hydroxyl groups excluding tert-OH is 1. The molecule has 1 aromatic rings. The number of sulfonamides is 1. The summed E-state index contributed by atoms with van der Waals surface area (Å²) in [5, 5.41) is 9.17. The van der Waals surface area contributed by atoms with E-state index in [0.29, 0.717) is 0 Å². The van der Waals surface area contributed by atoms with E-state index in [9.17, 15) is 67.4 Å². The van der Waals surface area contributed by atoms with Crippen molar-refractivity contribution in [3.05, 3.63) is 34.6 Å². The number of aliphatic hydroxyl groups is 1. The molecule has 0 saturated carbocycles. The highest BCUT2D eigenvalue weighted by Gasteiger charge is 2.70. The van der Waals surface area contributed by atoms with E-state index in [1.54, 1.807) is 0 Å². The van der Waals surface area contributed by atoms with Gasteiger partial charge in [-0.2, -0.15) is 39.5 Å². The standard InChI is InChI=1S/C21H20F9N2O6S/c1-11(33)10-31-39(37,38)14-4-2-12(3-5-14)8-13-6-7-32(17(36)21(28,29)30)18(9-13,15(34)19(22,23)24)16(35)20(25,26)27/h2-5,11,13,33H,6-10H2,1H3/q-1. The third-order valence-electron chi connectivity index (χ3n) is 5.81. The van der Waals surface area contributed by atoms with Gasteiger partial charge in [0.05, 0.1) is 0 Å². The van der Waals surface area contributed by atoms with E-state index in [1.165, 1.54) is 6.92 Å². The van der Waals surface area contributed by atoms with Gasteiger partial charge in [0, 0.05) is 17.5 Å².